The Kier molecular flexibility index (Phi) is 5.84. The van der Waals surface area contributed by atoms with Gasteiger partial charge in [0.2, 0.25) is 5.91 Å². The maximum Gasteiger partial charge on any atom is 0.248 e. The van der Waals surface area contributed by atoms with Crippen LogP contribution in [0.3, 0.4) is 0 Å². The highest BCUT2D eigenvalue weighted by Crippen LogP contribution is 2.33. The van der Waals surface area contributed by atoms with E-state index in [9.17, 15) is 9.90 Å². The second-order valence-electron chi connectivity index (χ2n) is 6.70. The van der Waals surface area contributed by atoms with Crippen LogP contribution in [0.1, 0.15) is 24.0 Å². The van der Waals surface area contributed by atoms with Crippen LogP contribution in [0.25, 0.3) is 0 Å². The van der Waals surface area contributed by atoms with Crippen LogP contribution < -0.4 is 0 Å². The molecule has 1 unspecified atom stereocenters. The number of piperidine rings is 1. The van der Waals surface area contributed by atoms with E-state index < -0.39 is 0 Å². The average molecular weight is 339 g/mol. The Morgan fingerprint density at radius 1 is 1.08 bits per heavy atom. The van der Waals surface area contributed by atoms with Gasteiger partial charge in [0, 0.05) is 18.5 Å². The molecule has 1 N–H and O–H groups in total. The Morgan fingerprint density at radius 3 is 2.44 bits per heavy atom. The van der Waals surface area contributed by atoms with E-state index >= 15 is 0 Å². The topological polar surface area (TPSA) is 49.8 Å². The highest BCUT2D eigenvalue weighted by Gasteiger charge is 2.38. The van der Waals surface area contributed by atoms with Gasteiger partial charge in [0.25, 0.3) is 0 Å². The van der Waals surface area contributed by atoms with E-state index in [1.165, 1.54) is 0 Å². The molecule has 2 aromatic carbocycles. The van der Waals surface area contributed by atoms with Gasteiger partial charge in [-0.2, -0.15) is 0 Å². The molecule has 1 fully saturated rings. The van der Waals surface area contributed by atoms with Gasteiger partial charge in [-0.25, -0.2) is 0 Å². The number of benzene rings is 2. The monoisotopic (exact) mass is 339 g/mol. The molecular weight excluding hydrogens is 314 g/mol. The zero-order valence-corrected chi connectivity index (χ0v) is 14.4. The first-order valence-electron chi connectivity index (χ1n) is 8.79. The number of carbonyl (C=O) groups is 1. The highest BCUT2D eigenvalue weighted by atomic mass is 16.5. The second-order valence-corrected chi connectivity index (χ2v) is 6.70. The average Bonchev–Trinajstić information content (AvgIpc) is 2.69. The standard InChI is InChI=1S/C21H25NO3/c23-17-21(19-10-5-2-6-11-19)12-7-13-22(16-21)20(24)15-25-14-18-8-3-1-4-9-18/h1-6,8-11,23H,7,12-17H2. The third-order valence-electron chi connectivity index (χ3n) is 4.96. The van der Waals surface area contributed by atoms with Crippen molar-refractivity contribution in [1.29, 1.82) is 0 Å². The van der Waals surface area contributed by atoms with Crippen molar-refractivity contribution in [3.8, 4) is 0 Å². The zero-order chi connectivity index (χ0) is 17.5. The molecule has 0 aliphatic carbocycles. The molecule has 1 aliphatic rings. The molecular formula is C21H25NO3. The van der Waals surface area contributed by atoms with Crippen molar-refractivity contribution in [3.63, 3.8) is 0 Å². The number of hydrogen-bond donors (Lipinski definition) is 1. The highest BCUT2D eigenvalue weighted by molar-refractivity contribution is 5.77. The zero-order valence-electron chi connectivity index (χ0n) is 14.4. The maximum atomic E-state index is 12.5. The summed E-state index contributed by atoms with van der Waals surface area (Å²) in [6, 6.07) is 19.9. The molecule has 25 heavy (non-hydrogen) atoms. The Bertz CT molecular complexity index is 674. The number of rotatable bonds is 6. The summed E-state index contributed by atoms with van der Waals surface area (Å²) in [6.07, 6.45) is 1.78. The molecule has 0 aromatic heterocycles. The Labute approximate surface area is 149 Å². The van der Waals surface area contributed by atoms with Crippen LogP contribution in [0.2, 0.25) is 0 Å². The quantitative estimate of drug-likeness (QED) is 0.880. The predicted molar refractivity (Wildman–Crippen MR) is 97.1 cm³/mol. The first-order chi connectivity index (χ1) is 12.2. The predicted octanol–water partition coefficient (Wildman–Crippen LogP) is 2.76. The van der Waals surface area contributed by atoms with Gasteiger partial charge < -0.3 is 14.7 Å². The van der Waals surface area contributed by atoms with Gasteiger partial charge in [-0.1, -0.05) is 60.7 Å². The van der Waals surface area contributed by atoms with Gasteiger partial charge in [0.1, 0.15) is 6.61 Å². The summed E-state index contributed by atoms with van der Waals surface area (Å²) in [6.45, 7) is 1.82. The smallest absolute Gasteiger partial charge is 0.248 e. The summed E-state index contributed by atoms with van der Waals surface area (Å²) in [4.78, 5) is 14.4. The van der Waals surface area contributed by atoms with E-state index in [1.54, 1.807) is 0 Å². The largest absolute Gasteiger partial charge is 0.395 e. The van der Waals surface area contributed by atoms with Crippen LogP contribution in [-0.4, -0.2) is 42.2 Å². The molecule has 0 radical (unpaired) electrons. The lowest BCUT2D eigenvalue weighted by Crippen LogP contribution is -2.51. The number of hydrogen-bond acceptors (Lipinski definition) is 3. The van der Waals surface area contributed by atoms with Crippen LogP contribution in [0, 0.1) is 0 Å². The molecule has 4 heteroatoms. The van der Waals surface area contributed by atoms with Crippen LogP contribution in [0.5, 0.6) is 0 Å². The molecule has 3 rings (SSSR count). The van der Waals surface area contributed by atoms with Crippen LogP contribution in [-0.2, 0) is 21.6 Å². The van der Waals surface area contributed by atoms with Crippen molar-refractivity contribution in [3.05, 3.63) is 71.8 Å². The molecule has 0 spiro atoms. The minimum Gasteiger partial charge on any atom is -0.395 e. The number of likely N-dealkylation sites (tertiary alicyclic amines) is 1. The molecule has 1 amide bonds. The lowest BCUT2D eigenvalue weighted by molar-refractivity contribution is -0.139. The van der Waals surface area contributed by atoms with Crippen molar-refractivity contribution in [2.75, 3.05) is 26.3 Å². The number of nitrogens with zero attached hydrogens (tertiary/aromatic N) is 1. The SMILES string of the molecule is O=C(COCc1ccccc1)N1CCCC(CO)(c2ccccc2)C1. The normalized spacial score (nSPS) is 20.4. The van der Waals surface area contributed by atoms with Crippen LogP contribution in [0.15, 0.2) is 60.7 Å². The van der Waals surface area contributed by atoms with E-state index in [0.717, 1.165) is 30.5 Å². The summed E-state index contributed by atoms with van der Waals surface area (Å²) in [5, 5.41) is 10.1. The molecule has 1 heterocycles. The van der Waals surface area contributed by atoms with E-state index in [4.69, 9.17) is 4.74 Å². The number of carbonyl (C=O) groups excluding carboxylic acids is 1. The van der Waals surface area contributed by atoms with Crippen molar-refractivity contribution in [2.45, 2.75) is 24.9 Å². The Morgan fingerprint density at radius 2 is 1.76 bits per heavy atom. The fraction of sp³-hybridized carbons (Fsp3) is 0.381. The molecule has 0 bridgehead atoms. The third-order valence-corrected chi connectivity index (χ3v) is 4.96. The van der Waals surface area contributed by atoms with Crippen molar-refractivity contribution < 1.29 is 14.6 Å². The van der Waals surface area contributed by atoms with Crippen molar-refractivity contribution in [2.24, 2.45) is 0 Å². The first-order valence-corrected chi connectivity index (χ1v) is 8.79. The molecule has 2 aromatic rings. The van der Waals surface area contributed by atoms with Gasteiger partial charge in [-0.3, -0.25) is 4.79 Å². The fourth-order valence-electron chi connectivity index (χ4n) is 3.51. The van der Waals surface area contributed by atoms with E-state index in [2.05, 4.69) is 0 Å². The maximum absolute atomic E-state index is 12.5. The third kappa shape index (κ3) is 4.27. The second kappa shape index (κ2) is 8.28. The minimum absolute atomic E-state index is 0.00983. The molecule has 4 nitrogen and oxygen atoms in total. The van der Waals surface area contributed by atoms with E-state index in [-0.39, 0.29) is 24.5 Å². The van der Waals surface area contributed by atoms with Gasteiger partial charge in [0.05, 0.1) is 13.2 Å². The van der Waals surface area contributed by atoms with Crippen molar-refractivity contribution in [1.82, 2.24) is 4.90 Å². The van der Waals surface area contributed by atoms with Crippen LogP contribution in [0.4, 0.5) is 0 Å². The Balaban J connectivity index is 1.59. The summed E-state index contributed by atoms with van der Waals surface area (Å²) < 4.78 is 5.59. The number of amides is 1. The van der Waals surface area contributed by atoms with Gasteiger partial charge in [-0.15, -0.1) is 0 Å². The number of ether oxygens (including phenoxy) is 1. The minimum atomic E-state index is -0.366. The van der Waals surface area contributed by atoms with Crippen molar-refractivity contribution >= 4 is 5.91 Å². The summed E-state index contributed by atoms with van der Waals surface area (Å²) in [5.41, 5.74) is 1.79. The lowest BCUT2D eigenvalue weighted by atomic mass is 9.75. The number of aliphatic hydroxyl groups excluding tert-OH is 1. The van der Waals surface area contributed by atoms with Gasteiger partial charge in [0.15, 0.2) is 0 Å². The fourth-order valence-corrected chi connectivity index (χ4v) is 3.51. The molecule has 1 atom stereocenters. The van der Waals surface area contributed by atoms with E-state index in [1.807, 2.05) is 65.6 Å². The summed E-state index contributed by atoms with van der Waals surface area (Å²) in [7, 11) is 0. The van der Waals surface area contributed by atoms with Crippen LogP contribution >= 0.6 is 0 Å². The molecule has 132 valence electrons. The summed E-state index contributed by atoms with van der Waals surface area (Å²) in [5.74, 6) is -0.00983. The lowest BCUT2D eigenvalue weighted by Gasteiger charge is -2.42. The molecule has 0 saturated carbocycles. The molecule has 1 saturated heterocycles. The molecule has 1 aliphatic heterocycles. The van der Waals surface area contributed by atoms with Gasteiger partial charge >= 0.3 is 0 Å². The Hall–Kier alpha value is -2.17. The van der Waals surface area contributed by atoms with Gasteiger partial charge in [-0.05, 0) is 24.0 Å². The number of aliphatic hydroxyl groups is 1. The summed E-state index contributed by atoms with van der Waals surface area (Å²) >= 11 is 0. The van der Waals surface area contributed by atoms with E-state index in [0.29, 0.717) is 13.2 Å². The first kappa shape index (κ1) is 17.6.